The van der Waals surface area contributed by atoms with E-state index >= 15 is 0 Å². The Kier molecular flexibility index (Phi) is 3.61. The lowest BCUT2D eigenvalue weighted by molar-refractivity contribution is -0.143. The van der Waals surface area contributed by atoms with Crippen molar-refractivity contribution >= 4 is 21.9 Å². The Hall–Kier alpha value is -1.10. The minimum atomic E-state index is -1.01. The lowest BCUT2D eigenvalue weighted by Gasteiger charge is -2.26. The Morgan fingerprint density at radius 3 is 2.56 bits per heavy atom. The summed E-state index contributed by atoms with van der Waals surface area (Å²) in [7, 11) is 1.36. The van der Waals surface area contributed by atoms with E-state index in [1.807, 2.05) is 0 Å². The third-order valence-electron chi connectivity index (χ3n) is 3.64. The van der Waals surface area contributed by atoms with Crippen molar-refractivity contribution in [2.24, 2.45) is 0 Å². The maximum atomic E-state index is 14.0. The average molecular weight is 317 g/mol. The first-order valence-corrected chi connectivity index (χ1v) is 6.58. The Bertz CT molecular complexity index is 481. The molecule has 1 fully saturated rings. The van der Waals surface area contributed by atoms with Crippen molar-refractivity contribution in [3.8, 4) is 5.75 Å². The van der Waals surface area contributed by atoms with Crippen molar-refractivity contribution in [2.75, 3.05) is 7.11 Å². The van der Waals surface area contributed by atoms with Gasteiger partial charge in [-0.05, 0) is 34.8 Å². The maximum Gasteiger partial charge on any atom is 0.314 e. The van der Waals surface area contributed by atoms with Crippen LogP contribution in [0.2, 0.25) is 0 Å². The predicted octanol–water partition coefficient (Wildman–Crippen LogP) is 3.49. The van der Waals surface area contributed by atoms with Gasteiger partial charge < -0.3 is 9.84 Å². The molecule has 0 saturated heterocycles. The van der Waals surface area contributed by atoms with Crippen molar-refractivity contribution in [3.63, 3.8) is 0 Å². The summed E-state index contributed by atoms with van der Waals surface area (Å²) in [5.74, 6) is -1.41. The zero-order chi connectivity index (χ0) is 13.3. The number of carboxylic acids is 1. The molecule has 0 spiro atoms. The molecule has 0 atom stereocenters. The van der Waals surface area contributed by atoms with Crippen LogP contribution in [0.1, 0.15) is 31.2 Å². The highest BCUT2D eigenvalue weighted by Crippen LogP contribution is 2.46. The second-order valence-electron chi connectivity index (χ2n) is 4.54. The van der Waals surface area contributed by atoms with E-state index in [0.717, 1.165) is 12.8 Å². The van der Waals surface area contributed by atoms with Crippen LogP contribution in [-0.2, 0) is 10.2 Å². The lowest BCUT2D eigenvalue weighted by atomic mass is 9.78. The molecule has 0 bridgehead atoms. The van der Waals surface area contributed by atoms with Gasteiger partial charge in [0.25, 0.3) is 0 Å². The Balaban J connectivity index is 2.62. The molecule has 0 radical (unpaired) electrons. The van der Waals surface area contributed by atoms with Gasteiger partial charge >= 0.3 is 5.97 Å². The van der Waals surface area contributed by atoms with E-state index in [1.54, 1.807) is 6.07 Å². The first-order valence-electron chi connectivity index (χ1n) is 5.79. The van der Waals surface area contributed by atoms with E-state index in [9.17, 15) is 14.3 Å². The molecule has 0 amide bonds. The third kappa shape index (κ3) is 1.90. The number of methoxy groups -OCH3 is 1. The fraction of sp³-hybridized carbons (Fsp3) is 0.462. The van der Waals surface area contributed by atoms with Gasteiger partial charge in [0.15, 0.2) is 11.6 Å². The molecular weight excluding hydrogens is 303 g/mol. The molecule has 1 aliphatic rings. The summed E-state index contributed by atoms with van der Waals surface area (Å²) in [6.07, 6.45) is 2.74. The quantitative estimate of drug-likeness (QED) is 0.928. The molecule has 1 aromatic rings. The van der Waals surface area contributed by atoms with Crippen molar-refractivity contribution in [1.29, 1.82) is 0 Å². The van der Waals surface area contributed by atoms with E-state index in [4.69, 9.17) is 4.74 Å². The number of aliphatic carboxylic acids is 1. The van der Waals surface area contributed by atoms with Gasteiger partial charge in [-0.25, -0.2) is 4.39 Å². The molecule has 18 heavy (non-hydrogen) atoms. The van der Waals surface area contributed by atoms with Crippen molar-refractivity contribution < 1.29 is 19.0 Å². The van der Waals surface area contributed by atoms with E-state index in [0.29, 0.717) is 18.4 Å². The molecular formula is C13H14BrFO3. The Morgan fingerprint density at radius 1 is 1.44 bits per heavy atom. The first-order chi connectivity index (χ1) is 8.53. The van der Waals surface area contributed by atoms with Crippen molar-refractivity contribution in [2.45, 2.75) is 31.1 Å². The second kappa shape index (κ2) is 4.88. The van der Waals surface area contributed by atoms with E-state index < -0.39 is 17.2 Å². The van der Waals surface area contributed by atoms with Gasteiger partial charge in [-0.1, -0.05) is 18.9 Å². The normalized spacial score (nSPS) is 17.7. The molecule has 5 heteroatoms. The number of carbonyl (C=O) groups is 1. The highest BCUT2D eigenvalue weighted by molar-refractivity contribution is 9.10. The zero-order valence-corrected chi connectivity index (χ0v) is 11.6. The van der Waals surface area contributed by atoms with Crippen molar-refractivity contribution in [3.05, 3.63) is 28.0 Å². The van der Waals surface area contributed by atoms with Crippen LogP contribution >= 0.6 is 15.9 Å². The topological polar surface area (TPSA) is 46.5 Å². The van der Waals surface area contributed by atoms with Crippen LogP contribution in [0.4, 0.5) is 4.39 Å². The molecule has 0 aromatic heterocycles. The third-order valence-corrected chi connectivity index (χ3v) is 4.25. The number of hydrogen-bond donors (Lipinski definition) is 1. The van der Waals surface area contributed by atoms with Gasteiger partial charge in [0, 0.05) is 5.56 Å². The van der Waals surface area contributed by atoms with Crippen LogP contribution in [0, 0.1) is 5.82 Å². The zero-order valence-electron chi connectivity index (χ0n) is 10.0. The van der Waals surface area contributed by atoms with Crippen LogP contribution in [0.3, 0.4) is 0 Å². The Labute approximate surface area is 113 Å². The standard InChI is InChI=1S/C13H14BrFO3/c1-18-11-8(4-5-9(14)10(11)15)13(12(16)17)6-2-3-7-13/h4-5H,2-3,6-7H2,1H3,(H,16,17). The maximum absolute atomic E-state index is 14.0. The first kappa shape index (κ1) is 13.3. The van der Waals surface area contributed by atoms with Gasteiger partial charge in [0.2, 0.25) is 0 Å². The molecule has 0 unspecified atom stereocenters. The number of carboxylic acid groups (broad SMARTS) is 1. The summed E-state index contributed by atoms with van der Waals surface area (Å²) in [5, 5.41) is 9.51. The Morgan fingerprint density at radius 2 is 2.06 bits per heavy atom. The summed E-state index contributed by atoms with van der Waals surface area (Å²) in [5.41, 5.74) is -0.567. The van der Waals surface area contributed by atoms with Crippen LogP contribution in [0.15, 0.2) is 16.6 Å². The van der Waals surface area contributed by atoms with E-state index in [-0.39, 0.29) is 10.2 Å². The van der Waals surface area contributed by atoms with E-state index in [1.165, 1.54) is 13.2 Å². The summed E-state index contributed by atoms with van der Waals surface area (Å²) < 4.78 is 19.3. The predicted molar refractivity (Wildman–Crippen MR) is 68.4 cm³/mol. The van der Waals surface area contributed by atoms with E-state index in [2.05, 4.69) is 15.9 Å². The minimum absolute atomic E-state index is 0.0358. The summed E-state index contributed by atoms with van der Waals surface area (Å²) in [6.45, 7) is 0. The van der Waals surface area contributed by atoms with Gasteiger partial charge in [-0.15, -0.1) is 0 Å². The molecule has 98 valence electrons. The van der Waals surface area contributed by atoms with Crippen LogP contribution in [0.25, 0.3) is 0 Å². The number of halogens is 2. The van der Waals surface area contributed by atoms with Crippen LogP contribution < -0.4 is 4.74 Å². The highest BCUT2D eigenvalue weighted by atomic mass is 79.9. The number of benzene rings is 1. The summed E-state index contributed by atoms with van der Waals surface area (Å²) in [4.78, 5) is 11.6. The average Bonchev–Trinajstić information content (AvgIpc) is 2.82. The molecule has 3 nitrogen and oxygen atoms in total. The van der Waals surface area contributed by atoms with Gasteiger partial charge in [0.1, 0.15) is 0 Å². The lowest BCUT2D eigenvalue weighted by Crippen LogP contribution is -2.33. The summed E-state index contributed by atoms with van der Waals surface area (Å²) in [6, 6.07) is 3.18. The fourth-order valence-corrected chi connectivity index (χ4v) is 3.00. The van der Waals surface area contributed by atoms with Gasteiger partial charge in [0.05, 0.1) is 17.0 Å². The molecule has 2 rings (SSSR count). The molecule has 0 aliphatic heterocycles. The highest BCUT2D eigenvalue weighted by Gasteiger charge is 2.45. The number of ether oxygens (including phenoxy) is 1. The smallest absolute Gasteiger partial charge is 0.314 e. The van der Waals surface area contributed by atoms with Crippen LogP contribution in [-0.4, -0.2) is 18.2 Å². The monoisotopic (exact) mass is 316 g/mol. The molecule has 1 aliphatic carbocycles. The molecule has 1 N–H and O–H groups in total. The largest absolute Gasteiger partial charge is 0.493 e. The van der Waals surface area contributed by atoms with Crippen molar-refractivity contribution in [1.82, 2.24) is 0 Å². The second-order valence-corrected chi connectivity index (χ2v) is 5.39. The summed E-state index contributed by atoms with van der Waals surface area (Å²) >= 11 is 3.08. The number of hydrogen-bond acceptors (Lipinski definition) is 2. The van der Waals surface area contributed by atoms with Gasteiger partial charge in [-0.2, -0.15) is 0 Å². The molecule has 1 saturated carbocycles. The molecule has 0 heterocycles. The molecule has 1 aromatic carbocycles. The SMILES string of the molecule is COc1c(C2(C(=O)O)CCCC2)ccc(Br)c1F. The van der Waals surface area contributed by atoms with Gasteiger partial charge in [-0.3, -0.25) is 4.79 Å². The fourth-order valence-electron chi connectivity index (χ4n) is 2.69. The van der Waals surface area contributed by atoms with Crippen LogP contribution in [0.5, 0.6) is 5.75 Å². The number of rotatable bonds is 3. The minimum Gasteiger partial charge on any atom is -0.493 e.